The fraction of sp³-hybridized carbons (Fsp3) is 0.375. The molecule has 1 saturated heterocycles. The van der Waals surface area contributed by atoms with Crippen molar-refractivity contribution in [3.63, 3.8) is 0 Å². The Morgan fingerprint density at radius 2 is 2.13 bits per heavy atom. The third kappa shape index (κ3) is 3.81. The summed E-state index contributed by atoms with van der Waals surface area (Å²) in [7, 11) is 1.67. The third-order valence-electron chi connectivity index (χ3n) is 3.96. The van der Waals surface area contributed by atoms with Gasteiger partial charge in [0.25, 0.3) is 0 Å². The molecule has 1 atom stereocenters. The first kappa shape index (κ1) is 15.4. The number of nitrogens with one attached hydrogen (secondary N) is 2. The van der Waals surface area contributed by atoms with Gasteiger partial charge in [0.1, 0.15) is 5.82 Å². The number of rotatable bonds is 5. The number of hydrogen-bond acceptors (Lipinski definition) is 6. The van der Waals surface area contributed by atoms with E-state index in [0.29, 0.717) is 18.3 Å². The van der Waals surface area contributed by atoms with Crippen LogP contribution >= 0.6 is 0 Å². The molecule has 2 aromatic heterocycles. The van der Waals surface area contributed by atoms with Crippen LogP contribution in [-0.2, 0) is 4.79 Å². The van der Waals surface area contributed by atoms with Crippen molar-refractivity contribution in [3.05, 3.63) is 42.4 Å². The average Bonchev–Trinajstić information content (AvgIpc) is 3.04. The molecule has 1 aliphatic rings. The van der Waals surface area contributed by atoms with E-state index in [4.69, 9.17) is 0 Å². The number of amides is 1. The number of hydrogen-bond donors (Lipinski definition) is 2. The molecule has 120 valence electrons. The molecule has 0 saturated carbocycles. The Labute approximate surface area is 135 Å². The molecule has 0 radical (unpaired) electrons. The van der Waals surface area contributed by atoms with Crippen LogP contribution < -0.4 is 10.6 Å². The molecule has 1 amide bonds. The molecule has 0 aromatic carbocycles. The maximum atomic E-state index is 11.7. The molecule has 2 N–H and O–H groups in total. The van der Waals surface area contributed by atoms with Crippen LogP contribution in [0.5, 0.6) is 0 Å². The summed E-state index contributed by atoms with van der Waals surface area (Å²) in [5.41, 5.74) is 1.15. The summed E-state index contributed by atoms with van der Waals surface area (Å²) < 4.78 is 0. The number of likely N-dealkylation sites (N-methyl/N-ethyl adjacent to an activating group) is 1. The molecule has 1 fully saturated rings. The molecule has 23 heavy (non-hydrogen) atoms. The maximum absolute atomic E-state index is 11.7. The van der Waals surface area contributed by atoms with E-state index in [2.05, 4.69) is 30.5 Å². The molecule has 0 bridgehead atoms. The fourth-order valence-corrected chi connectivity index (χ4v) is 2.86. The van der Waals surface area contributed by atoms with Crippen molar-refractivity contribution in [3.8, 4) is 0 Å². The van der Waals surface area contributed by atoms with Gasteiger partial charge in [0.2, 0.25) is 11.9 Å². The topological polar surface area (TPSA) is 83.0 Å². The second kappa shape index (κ2) is 7.15. The summed E-state index contributed by atoms with van der Waals surface area (Å²) in [4.78, 5) is 26.5. The fourth-order valence-electron chi connectivity index (χ4n) is 2.86. The number of aromatic nitrogens is 3. The predicted molar refractivity (Wildman–Crippen MR) is 87.2 cm³/mol. The standard InChI is InChI=1S/C16H20N6O/c1-17-15(23)11-22-9-2-4-13(22)12-5-8-18-14(10-12)21-16-19-6-3-7-20-16/h3,5-8,10,13H,2,4,9,11H2,1H3,(H,17,23)(H,18,19,20,21)/t13-/m1/s1. The number of pyridine rings is 1. The normalized spacial score (nSPS) is 17.9. The van der Waals surface area contributed by atoms with Crippen LogP contribution in [0.2, 0.25) is 0 Å². The van der Waals surface area contributed by atoms with E-state index in [9.17, 15) is 4.79 Å². The van der Waals surface area contributed by atoms with Crippen molar-refractivity contribution in [2.45, 2.75) is 18.9 Å². The highest BCUT2D eigenvalue weighted by molar-refractivity contribution is 5.77. The molecule has 3 rings (SSSR count). The summed E-state index contributed by atoms with van der Waals surface area (Å²) in [5.74, 6) is 1.27. The SMILES string of the molecule is CNC(=O)CN1CCC[C@@H]1c1ccnc(Nc2ncccn2)c1. The van der Waals surface area contributed by atoms with Gasteiger partial charge in [0.05, 0.1) is 6.54 Å². The summed E-state index contributed by atoms with van der Waals surface area (Å²) >= 11 is 0. The Morgan fingerprint density at radius 1 is 1.30 bits per heavy atom. The molecule has 0 spiro atoms. The molecule has 7 heteroatoms. The Balaban J connectivity index is 1.75. The van der Waals surface area contributed by atoms with Gasteiger partial charge in [-0.2, -0.15) is 0 Å². The zero-order valence-corrected chi connectivity index (χ0v) is 13.1. The monoisotopic (exact) mass is 312 g/mol. The number of nitrogens with zero attached hydrogens (tertiary/aromatic N) is 4. The maximum Gasteiger partial charge on any atom is 0.233 e. The molecule has 1 aliphatic heterocycles. The minimum absolute atomic E-state index is 0.0435. The van der Waals surface area contributed by atoms with Gasteiger partial charge in [-0.3, -0.25) is 9.69 Å². The van der Waals surface area contributed by atoms with Crippen molar-refractivity contribution in [2.24, 2.45) is 0 Å². The zero-order chi connectivity index (χ0) is 16.1. The number of anilines is 2. The Kier molecular flexibility index (Phi) is 4.77. The first-order chi connectivity index (χ1) is 11.3. The van der Waals surface area contributed by atoms with Crippen LogP contribution in [0.3, 0.4) is 0 Å². The second-order valence-electron chi connectivity index (χ2n) is 5.47. The van der Waals surface area contributed by atoms with E-state index < -0.39 is 0 Å². The molecule has 0 aliphatic carbocycles. The lowest BCUT2D eigenvalue weighted by molar-refractivity contribution is -0.122. The summed E-state index contributed by atoms with van der Waals surface area (Å²) in [6, 6.07) is 6.02. The number of carbonyl (C=O) groups is 1. The van der Waals surface area contributed by atoms with Gasteiger partial charge in [-0.1, -0.05) is 0 Å². The van der Waals surface area contributed by atoms with Crippen molar-refractivity contribution in [2.75, 3.05) is 25.5 Å². The molecule has 2 aromatic rings. The molecule has 3 heterocycles. The minimum Gasteiger partial charge on any atom is -0.358 e. The van der Waals surface area contributed by atoms with Crippen LogP contribution in [-0.4, -0.2) is 45.9 Å². The van der Waals surface area contributed by atoms with E-state index in [1.807, 2.05) is 12.1 Å². The molecular weight excluding hydrogens is 292 g/mol. The minimum atomic E-state index is 0.0435. The van der Waals surface area contributed by atoms with Crippen LogP contribution in [0.15, 0.2) is 36.8 Å². The van der Waals surface area contributed by atoms with Crippen molar-refractivity contribution < 1.29 is 4.79 Å². The lowest BCUT2D eigenvalue weighted by atomic mass is 10.1. The number of likely N-dealkylation sites (tertiary alicyclic amines) is 1. The highest BCUT2D eigenvalue weighted by atomic mass is 16.1. The average molecular weight is 312 g/mol. The zero-order valence-electron chi connectivity index (χ0n) is 13.1. The van der Waals surface area contributed by atoms with Crippen molar-refractivity contribution in [1.29, 1.82) is 0 Å². The lowest BCUT2D eigenvalue weighted by Crippen LogP contribution is -2.35. The highest BCUT2D eigenvalue weighted by Crippen LogP contribution is 2.32. The molecular formula is C16H20N6O. The van der Waals surface area contributed by atoms with Gasteiger partial charge in [-0.15, -0.1) is 0 Å². The van der Waals surface area contributed by atoms with Gasteiger partial charge >= 0.3 is 0 Å². The third-order valence-corrected chi connectivity index (χ3v) is 3.96. The van der Waals surface area contributed by atoms with E-state index in [-0.39, 0.29) is 11.9 Å². The first-order valence-electron chi connectivity index (χ1n) is 7.71. The van der Waals surface area contributed by atoms with Crippen LogP contribution in [0.1, 0.15) is 24.4 Å². The lowest BCUT2D eigenvalue weighted by Gasteiger charge is -2.24. The van der Waals surface area contributed by atoms with Gasteiger partial charge in [0, 0.05) is 31.7 Å². The Bertz CT molecular complexity index is 663. The predicted octanol–water partition coefficient (Wildman–Crippen LogP) is 1.50. The molecule has 7 nitrogen and oxygen atoms in total. The smallest absolute Gasteiger partial charge is 0.233 e. The van der Waals surface area contributed by atoms with E-state index in [0.717, 1.165) is 24.9 Å². The Morgan fingerprint density at radius 3 is 2.91 bits per heavy atom. The van der Waals surface area contributed by atoms with Gasteiger partial charge < -0.3 is 10.6 Å². The van der Waals surface area contributed by atoms with E-state index in [1.54, 1.807) is 31.7 Å². The highest BCUT2D eigenvalue weighted by Gasteiger charge is 2.27. The quantitative estimate of drug-likeness (QED) is 0.870. The van der Waals surface area contributed by atoms with Crippen LogP contribution in [0.4, 0.5) is 11.8 Å². The molecule has 0 unspecified atom stereocenters. The Hall–Kier alpha value is -2.54. The van der Waals surface area contributed by atoms with Gasteiger partial charge in [0.15, 0.2) is 0 Å². The largest absolute Gasteiger partial charge is 0.358 e. The van der Waals surface area contributed by atoms with E-state index >= 15 is 0 Å². The van der Waals surface area contributed by atoms with E-state index in [1.165, 1.54) is 0 Å². The van der Waals surface area contributed by atoms with Crippen LogP contribution in [0.25, 0.3) is 0 Å². The number of carbonyl (C=O) groups excluding carboxylic acids is 1. The van der Waals surface area contributed by atoms with Crippen molar-refractivity contribution in [1.82, 2.24) is 25.2 Å². The summed E-state index contributed by atoms with van der Waals surface area (Å²) in [6.07, 6.45) is 7.27. The summed E-state index contributed by atoms with van der Waals surface area (Å²) in [5, 5.41) is 5.79. The summed E-state index contributed by atoms with van der Waals surface area (Å²) in [6.45, 7) is 1.36. The van der Waals surface area contributed by atoms with Gasteiger partial charge in [-0.05, 0) is 43.1 Å². The first-order valence-corrected chi connectivity index (χ1v) is 7.71. The van der Waals surface area contributed by atoms with Crippen molar-refractivity contribution >= 4 is 17.7 Å². The second-order valence-corrected chi connectivity index (χ2v) is 5.47. The van der Waals surface area contributed by atoms with Gasteiger partial charge in [-0.25, -0.2) is 15.0 Å². The van der Waals surface area contributed by atoms with Crippen LogP contribution in [0, 0.1) is 0 Å².